The number of hydrogen-bond acceptors (Lipinski definition) is 0. The summed E-state index contributed by atoms with van der Waals surface area (Å²) in [4.78, 5) is 0. The van der Waals surface area contributed by atoms with Gasteiger partial charge in [-0.1, -0.05) is 13.3 Å². The minimum absolute atomic E-state index is 0. The van der Waals surface area contributed by atoms with Crippen LogP contribution in [-0.4, -0.2) is 0 Å². The van der Waals surface area contributed by atoms with Crippen LogP contribution in [0.2, 0.25) is 0 Å². The fourth-order valence-corrected chi connectivity index (χ4v) is 0.994. The second-order valence-corrected chi connectivity index (χ2v) is 2.36. The van der Waals surface area contributed by atoms with Gasteiger partial charge in [-0.25, -0.2) is 18.2 Å². The summed E-state index contributed by atoms with van der Waals surface area (Å²) in [6, 6.07) is 0. The van der Waals surface area contributed by atoms with Crippen LogP contribution in [0.4, 0.5) is 0 Å². The van der Waals surface area contributed by atoms with Crippen LogP contribution in [0.15, 0.2) is 17.7 Å². The Balaban J connectivity index is 0.000000640. The number of allylic oxidation sites excluding steroid dienone is 3. The predicted octanol–water partition coefficient (Wildman–Crippen LogP) is 2.47. The summed E-state index contributed by atoms with van der Waals surface area (Å²) in [6.07, 6.45) is 6.85. The van der Waals surface area contributed by atoms with Crippen molar-refractivity contribution in [2.75, 3.05) is 0 Å². The first-order chi connectivity index (χ1) is 3.79. The van der Waals surface area contributed by atoms with Crippen molar-refractivity contribution >= 4 is 0 Å². The molecule has 0 aromatic heterocycles. The van der Waals surface area contributed by atoms with Gasteiger partial charge in [-0.3, -0.25) is 0 Å². The number of hydrogen-bond donors (Lipinski definition) is 0. The van der Waals surface area contributed by atoms with E-state index in [1.165, 1.54) is 24.0 Å². The molecule has 0 bridgehead atoms. The molecule has 1 rings (SSSR count). The van der Waals surface area contributed by atoms with Crippen molar-refractivity contribution in [1.29, 1.82) is 0 Å². The van der Waals surface area contributed by atoms with Crippen molar-refractivity contribution in [3.63, 3.8) is 0 Å². The molecule has 0 aromatic carbocycles. The van der Waals surface area contributed by atoms with E-state index < -0.39 is 0 Å². The van der Waals surface area contributed by atoms with E-state index >= 15 is 0 Å². The molecule has 47 valence electrons. The molecule has 0 atom stereocenters. The fourth-order valence-electron chi connectivity index (χ4n) is 0.994. The summed E-state index contributed by atoms with van der Waals surface area (Å²) in [5.74, 6) is 0. The predicted molar refractivity (Wildman–Crippen MR) is 35.4 cm³/mol. The van der Waals surface area contributed by atoms with Crippen LogP contribution in [0.3, 0.4) is 0 Å². The summed E-state index contributed by atoms with van der Waals surface area (Å²) in [5.41, 5.74) is 2.54. The summed E-state index contributed by atoms with van der Waals surface area (Å²) in [5, 5.41) is 0. The zero-order valence-electron chi connectivity index (χ0n) is 5.91. The zero-order chi connectivity index (χ0) is 5.98. The maximum absolute atomic E-state index is 3.83. The molecule has 1 aliphatic carbocycles. The van der Waals surface area contributed by atoms with Crippen molar-refractivity contribution in [3.8, 4) is 0 Å². The van der Waals surface area contributed by atoms with E-state index in [-0.39, 0.29) is 32.7 Å². The third-order valence-electron chi connectivity index (χ3n) is 1.42. The molecular formula is C8H11Y-. The Bertz CT molecular complexity index is 134. The van der Waals surface area contributed by atoms with Crippen molar-refractivity contribution in [2.45, 2.75) is 26.2 Å². The van der Waals surface area contributed by atoms with Crippen LogP contribution in [0, 0.1) is 6.08 Å². The molecule has 0 unspecified atom stereocenters. The molecule has 0 spiro atoms. The normalized spacial score (nSPS) is 18.3. The van der Waals surface area contributed by atoms with Crippen molar-refractivity contribution in [2.24, 2.45) is 0 Å². The molecule has 0 amide bonds. The van der Waals surface area contributed by atoms with Gasteiger partial charge in [0.1, 0.15) is 0 Å². The third kappa shape index (κ3) is 3.32. The van der Waals surface area contributed by atoms with E-state index in [4.69, 9.17) is 0 Å². The average molecular weight is 196 g/mol. The Morgan fingerprint density at radius 2 is 2.11 bits per heavy atom. The molecule has 0 aromatic rings. The second-order valence-electron chi connectivity index (χ2n) is 2.36. The van der Waals surface area contributed by atoms with Crippen molar-refractivity contribution < 1.29 is 32.7 Å². The molecule has 0 nitrogen and oxygen atoms in total. The topological polar surface area (TPSA) is 0 Å². The van der Waals surface area contributed by atoms with Gasteiger partial charge in [-0.2, -0.15) is 5.57 Å². The maximum Gasteiger partial charge on any atom is 0 e. The van der Waals surface area contributed by atoms with Gasteiger partial charge in [-0.05, 0) is 12.8 Å². The molecule has 1 heteroatoms. The van der Waals surface area contributed by atoms with E-state index in [0.717, 1.165) is 6.42 Å². The molecular weight excluding hydrogens is 185 g/mol. The van der Waals surface area contributed by atoms with Crippen LogP contribution >= 0.6 is 0 Å². The largest absolute Gasteiger partial charge is 0.249 e. The molecule has 9 heavy (non-hydrogen) atoms. The molecule has 1 aliphatic rings. The Hall–Kier alpha value is 0.584. The molecule has 0 aliphatic heterocycles. The van der Waals surface area contributed by atoms with Crippen LogP contribution in [-0.2, 0) is 32.7 Å². The van der Waals surface area contributed by atoms with Crippen LogP contribution in [0.5, 0.6) is 0 Å². The van der Waals surface area contributed by atoms with Gasteiger partial charge >= 0.3 is 0 Å². The summed E-state index contributed by atoms with van der Waals surface area (Å²) >= 11 is 0. The monoisotopic (exact) mass is 196 g/mol. The average Bonchev–Trinajstić information content (AvgIpc) is 1.64. The smallest absolute Gasteiger partial charge is 0 e. The molecule has 0 saturated carbocycles. The van der Waals surface area contributed by atoms with Gasteiger partial charge in [-0.15, -0.1) is 0 Å². The Morgan fingerprint density at radius 3 is 2.44 bits per heavy atom. The molecule has 0 saturated heterocycles. The van der Waals surface area contributed by atoms with Crippen LogP contribution in [0.25, 0.3) is 0 Å². The van der Waals surface area contributed by atoms with Gasteiger partial charge in [0.05, 0.1) is 0 Å². The molecule has 0 N–H and O–H groups in total. The second kappa shape index (κ2) is 4.41. The summed E-state index contributed by atoms with van der Waals surface area (Å²) in [7, 11) is 0. The minimum atomic E-state index is 0. The van der Waals surface area contributed by atoms with E-state index in [2.05, 4.69) is 19.6 Å². The first kappa shape index (κ1) is 9.58. The standard InChI is InChI=1S/C8H11.Y/c1-7-4-3-5-8(2)6-7;/h1,3-5H2,2H3;/q-1;. The quantitative estimate of drug-likeness (QED) is 0.522. The van der Waals surface area contributed by atoms with Crippen LogP contribution in [0.1, 0.15) is 26.2 Å². The SMILES string of the molecule is C=C1[C-]=C(C)CCC1.[Y]. The van der Waals surface area contributed by atoms with Crippen molar-refractivity contribution in [1.82, 2.24) is 0 Å². The Labute approximate surface area is 82.3 Å². The first-order valence-electron chi connectivity index (χ1n) is 3.06. The van der Waals surface area contributed by atoms with Gasteiger partial charge in [0, 0.05) is 32.7 Å². The first-order valence-corrected chi connectivity index (χ1v) is 3.06. The Kier molecular flexibility index (Phi) is 4.69. The summed E-state index contributed by atoms with van der Waals surface area (Å²) in [6.45, 7) is 5.95. The maximum atomic E-state index is 3.83. The van der Waals surface area contributed by atoms with Crippen molar-refractivity contribution in [3.05, 3.63) is 23.8 Å². The molecule has 0 heterocycles. The number of rotatable bonds is 0. The summed E-state index contributed by atoms with van der Waals surface area (Å²) < 4.78 is 0. The van der Waals surface area contributed by atoms with E-state index in [0.29, 0.717) is 0 Å². The van der Waals surface area contributed by atoms with E-state index in [1.54, 1.807) is 0 Å². The third-order valence-corrected chi connectivity index (χ3v) is 1.42. The van der Waals surface area contributed by atoms with Crippen LogP contribution < -0.4 is 0 Å². The van der Waals surface area contributed by atoms with Gasteiger partial charge in [0.25, 0.3) is 0 Å². The van der Waals surface area contributed by atoms with Gasteiger partial charge < -0.3 is 0 Å². The van der Waals surface area contributed by atoms with Gasteiger partial charge in [0.15, 0.2) is 0 Å². The van der Waals surface area contributed by atoms with Gasteiger partial charge in [0.2, 0.25) is 0 Å². The minimum Gasteiger partial charge on any atom is -0.249 e. The zero-order valence-corrected chi connectivity index (χ0v) is 8.74. The van der Waals surface area contributed by atoms with E-state index in [9.17, 15) is 0 Å². The Morgan fingerprint density at radius 1 is 1.44 bits per heavy atom. The fraction of sp³-hybridized carbons (Fsp3) is 0.500. The van der Waals surface area contributed by atoms with E-state index in [1.807, 2.05) is 0 Å². The molecule has 1 radical (unpaired) electrons. The molecule has 0 fully saturated rings.